The number of hydrogen-bond acceptors (Lipinski definition) is 3. The van der Waals surface area contributed by atoms with Crippen LogP contribution in [0.5, 0.6) is 5.88 Å². The van der Waals surface area contributed by atoms with Gasteiger partial charge in [0.05, 0.1) is 16.1 Å². The van der Waals surface area contributed by atoms with E-state index >= 15 is 0 Å². The monoisotopic (exact) mass is 368 g/mol. The number of rotatable bonds is 3. The van der Waals surface area contributed by atoms with Crippen LogP contribution in [-0.4, -0.2) is 21.9 Å². The highest BCUT2D eigenvalue weighted by Crippen LogP contribution is 2.38. The van der Waals surface area contributed by atoms with Gasteiger partial charge in [-0.2, -0.15) is 0 Å². The zero-order valence-corrected chi connectivity index (χ0v) is 15.3. The standard InChI is InChI=1S/C21H21ClN2O2/c1-11(25)20-17-9-16(18(22)10-19(17)24-21(20)26)13-4-2-12(3-5-13)14-6-7-15(23)8-14/h2-5,9-10,14-15,24,26H,6-8,23H2,1H3/t14-,15-/m1/s1. The molecular formula is C21H21ClN2O2. The van der Waals surface area contributed by atoms with Crippen LogP contribution in [-0.2, 0) is 0 Å². The van der Waals surface area contributed by atoms with Crippen LogP contribution in [0.25, 0.3) is 22.0 Å². The van der Waals surface area contributed by atoms with Crippen molar-refractivity contribution >= 4 is 28.3 Å². The molecule has 1 aliphatic rings. The lowest BCUT2D eigenvalue weighted by atomic mass is 9.94. The second kappa shape index (κ2) is 6.45. The predicted octanol–water partition coefficient (Wildman–Crippen LogP) is 4.99. The molecule has 1 saturated carbocycles. The lowest BCUT2D eigenvalue weighted by Gasteiger charge is -2.12. The minimum Gasteiger partial charge on any atom is -0.494 e. The first kappa shape index (κ1) is 17.1. The number of carbonyl (C=O) groups is 1. The number of fused-ring (bicyclic) bond motifs is 1. The molecule has 0 aliphatic heterocycles. The third-order valence-corrected chi connectivity index (χ3v) is 5.70. The Balaban J connectivity index is 1.75. The summed E-state index contributed by atoms with van der Waals surface area (Å²) in [4.78, 5) is 14.7. The maximum absolute atomic E-state index is 11.9. The van der Waals surface area contributed by atoms with Gasteiger partial charge in [0.25, 0.3) is 0 Å². The highest BCUT2D eigenvalue weighted by Gasteiger charge is 2.23. The number of Topliss-reactive ketones (excluding diaryl/α,β-unsaturated/α-hetero) is 1. The molecule has 4 rings (SSSR count). The van der Waals surface area contributed by atoms with E-state index in [1.165, 1.54) is 12.5 Å². The van der Waals surface area contributed by atoms with E-state index in [4.69, 9.17) is 17.3 Å². The second-order valence-electron chi connectivity index (χ2n) is 7.17. The maximum Gasteiger partial charge on any atom is 0.200 e. The lowest BCUT2D eigenvalue weighted by molar-refractivity contribution is 0.101. The number of aromatic hydroxyl groups is 1. The van der Waals surface area contributed by atoms with Crippen molar-refractivity contribution in [3.05, 3.63) is 52.5 Å². The van der Waals surface area contributed by atoms with Gasteiger partial charge < -0.3 is 15.8 Å². The van der Waals surface area contributed by atoms with E-state index in [9.17, 15) is 9.90 Å². The Bertz CT molecular complexity index is 991. The number of H-pyrrole nitrogens is 1. The van der Waals surface area contributed by atoms with Crippen LogP contribution in [0.1, 0.15) is 48.0 Å². The van der Waals surface area contributed by atoms with Gasteiger partial charge in [0.15, 0.2) is 5.78 Å². The summed E-state index contributed by atoms with van der Waals surface area (Å²) in [6.07, 6.45) is 3.26. The Morgan fingerprint density at radius 2 is 1.96 bits per heavy atom. The Morgan fingerprint density at radius 3 is 2.58 bits per heavy atom. The van der Waals surface area contributed by atoms with E-state index in [1.54, 1.807) is 6.07 Å². The molecule has 1 heterocycles. The van der Waals surface area contributed by atoms with E-state index < -0.39 is 0 Å². The Hall–Kier alpha value is -2.30. The summed E-state index contributed by atoms with van der Waals surface area (Å²) >= 11 is 6.46. The van der Waals surface area contributed by atoms with E-state index in [2.05, 4.69) is 29.2 Å². The molecule has 0 amide bonds. The number of aromatic amines is 1. The predicted molar refractivity (Wildman–Crippen MR) is 105 cm³/mol. The molecule has 0 radical (unpaired) electrons. The first-order valence-electron chi connectivity index (χ1n) is 8.85. The Kier molecular flexibility index (Phi) is 4.25. The third-order valence-electron chi connectivity index (χ3n) is 5.38. The normalized spacial score (nSPS) is 20.0. The first-order valence-corrected chi connectivity index (χ1v) is 9.23. The average Bonchev–Trinajstić information content (AvgIpc) is 3.16. The van der Waals surface area contributed by atoms with Crippen molar-refractivity contribution in [2.75, 3.05) is 0 Å². The van der Waals surface area contributed by atoms with Crippen molar-refractivity contribution < 1.29 is 9.90 Å². The number of ketones is 1. The van der Waals surface area contributed by atoms with Crippen LogP contribution >= 0.6 is 11.6 Å². The second-order valence-corrected chi connectivity index (χ2v) is 7.58. The summed E-state index contributed by atoms with van der Waals surface area (Å²) in [5.74, 6) is 0.228. The number of nitrogens with two attached hydrogens (primary N) is 1. The molecule has 4 N–H and O–H groups in total. The van der Waals surface area contributed by atoms with E-state index in [1.807, 2.05) is 6.07 Å². The molecule has 0 bridgehead atoms. The van der Waals surface area contributed by atoms with Crippen molar-refractivity contribution in [3.63, 3.8) is 0 Å². The smallest absolute Gasteiger partial charge is 0.200 e. The summed E-state index contributed by atoms with van der Waals surface area (Å²) < 4.78 is 0. The molecule has 3 aromatic rings. The molecule has 5 heteroatoms. The molecule has 26 heavy (non-hydrogen) atoms. The highest BCUT2D eigenvalue weighted by atomic mass is 35.5. The van der Waals surface area contributed by atoms with Gasteiger partial charge in [-0.05, 0) is 55.4 Å². The highest BCUT2D eigenvalue weighted by molar-refractivity contribution is 6.34. The summed E-state index contributed by atoms with van der Waals surface area (Å²) in [6.45, 7) is 1.44. The van der Waals surface area contributed by atoms with Crippen molar-refractivity contribution in [2.45, 2.75) is 38.1 Å². The fourth-order valence-corrected chi connectivity index (χ4v) is 4.31. The summed E-state index contributed by atoms with van der Waals surface area (Å²) in [5, 5.41) is 11.3. The molecule has 1 aromatic heterocycles. The van der Waals surface area contributed by atoms with Crippen LogP contribution < -0.4 is 5.73 Å². The van der Waals surface area contributed by atoms with E-state index in [0.29, 0.717) is 33.4 Å². The van der Waals surface area contributed by atoms with Crippen LogP contribution in [0, 0.1) is 0 Å². The molecule has 4 nitrogen and oxygen atoms in total. The number of hydrogen-bond donors (Lipinski definition) is 3. The quantitative estimate of drug-likeness (QED) is 0.569. The van der Waals surface area contributed by atoms with E-state index in [-0.39, 0.29) is 11.7 Å². The zero-order chi connectivity index (χ0) is 18.4. The van der Waals surface area contributed by atoms with Crippen molar-refractivity contribution in [1.29, 1.82) is 0 Å². The van der Waals surface area contributed by atoms with Crippen molar-refractivity contribution in [1.82, 2.24) is 4.98 Å². The summed E-state index contributed by atoms with van der Waals surface area (Å²) in [6, 6.07) is 12.3. The molecule has 0 spiro atoms. The van der Waals surface area contributed by atoms with Gasteiger partial charge in [-0.1, -0.05) is 35.9 Å². The molecule has 1 aliphatic carbocycles. The van der Waals surface area contributed by atoms with Crippen molar-refractivity contribution in [2.24, 2.45) is 5.73 Å². The fourth-order valence-electron chi connectivity index (χ4n) is 4.03. The van der Waals surface area contributed by atoms with Gasteiger partial charge in [-0.25, -0.2) is 0 Å². The number of aromatic nitrogens is 1. The van der Waals surface area contributed by atoms with Gasteiger partial charge >= 0.3 is 0 Å². The van der Waals surface area contributed by atoms with Gasteiger partial charge in [0.1, 0.15) is 0 Å². The summed E-state index contributed by atoms with van der Waals surface area (Å²) in [5.41, 5.74) is 10.1. The fraction of sp³-hybridized carbons (Fsp3) is 0.286. The molecule has 0 saturated heterocycles. The van der Waals surface area contributed by atoms with Gasteiger partial charge in [0.2, 0.25) is 5.88 Å². The Morgan fingerprint density at radius 1 is 1.23 bits per heavy atom. The van der Waals surface area contributed by atoms with Crippen LogP contribution in [0.4, 0.5) is 0 Å². The molecule has 2 aromatic carbocycles. The average molecular weight is 369 g/mol. The third kappa shape index (κ3) is 2.89. The van der Waals surface area contributed by atoms with Gasteiger partial charge in [0, 0.05) is 17.0 Å². The SMILES string of the molecule is CC(=O)c1c(O)[nH]c2cc(Cl)c(-c3ccc([C@@H]4CC[C@@H](N)C4)cc3)cc12. The van der Waals surface area contributed by atoms with Crippen LogP contribution in [0.15, 0.2) is 36.4 Å². The number of nitrogens with one attached hydrogen (secondary N) is 1. The zero-order valence-electron chi connectivity index (χ0n) is 14.6. The largest absolute Gasteiger partial charge is 0.494 e. The van der Waals surface area contributed by atoms with Gasteiger partial charge in [-0.3, -0.25) is 4.79 Å². The van der Waals surface area contributed by atoms with Crippen LogP contribution in [0.2, 0.25) is 5.02 Å². The number of halogens is 1. The minimum atomic E-state index is -0.185. The molecular weight excluding hydrogens is 348 g/mol. The Labute approximate surface area is 157 Å². The lowest BCUT2D eigenvalue weighted by Crippen LogP contribution is -2.14. The summed E-state index contributed by atoms with van der Waals surface area (Å²) in [7, 11) is 0. The number of benzene rings is 2. The molecule has 1 fully saturated rings. The maximum atomic E-state index is 11.9. The molecule has 0 unspecified atom stereocenters. The first-order chi connectivity index (χ1) is 12.4. The van der Waals surface area contributed by atoms with Crippen LogP contribution in [0.3, 0.4) is 0 Å². The van der Waals surface area contributed by atoms with Crippen molar-refractivity contribution in [3.8, 4) is 17.0 Å². The topological polar surface area (TPSA) is 79.1 Å². The minimum absolute atomic E-state index is 0.117. The van der Waals surface area contributed by atoms with Gasteiger partial charge in [-0.15, -0.1) is 0 Å². The van der Waals surface area contributed by atoms with E-state index in [0.717, 1.165) is 30.4 Å². The number of carbonyl (C=O) groups excluding carboxylic acids is 1. The molecule has 2 atom stereocenters. The molecule has 134 valence electrons.